The van der Waals surface area contributed by atoms with Crippen LogP contribution < -0.4 is 5.73 Å². The first kappa shape index (κ1) is 12.2. The van der Waals surface area contributed by atoms with Gasteiger partial charge in [0.05, 0.1) is 5.56 Å². The summed E-state index contributed by atoms with van der Waals surface area (Å²) in [6.07, 6.45) is -1.82. The highest BCUT2D eigenvalue weighted by atomic mass is 127. The Morgan fingerprint density at radius 1 is 1.67 bits per heavy atom. The smallest absolute Gasteiger partial charge is 0.337 e. The van der Waals surface area contributed by atoms with Crippen LogP contribution in [0.1, 0.15) is 28.0 Å². The molecule has 1 aromatic rings. The Morgan fingerprint density at radius 3 is 2.67 bits per heavy atom. The van der Waals surface area contributed by atoms with Gasteiger partial charge in [-0.1, -0.05) is 0 Å². The van der Waals surface area contributed by atoms with Gasteiger partial charge in [-0.05, 0) is 28.2 Å². The van der Waals surface area contributed by atoms with Crippen LogP contribution in [0.15, 0.2) is 6.20 Å². The zero-order valence-corrected chi connectivity index (χ0v) is 9.53. The van der Waals surface area contributed by atoms with Gasteiger partial charge in [0.25, 0.3) is 6.43 Å². The Hall–Kier alpha value is -0.830. The Morgan fingerprint density at radius 2 is 2.27 bits per heavy atom. The van der Waals surface area contributed by atoms with E-state index in [0.717, 1.165) is 6.20 Å². The lowest BCUT2D eigenvalue weighted by Gasteiger charge is -2.09. The molecular weight excluding hydrogens is 321 g/mol. The zero-order chi connectivity index (χ0) is 11.6. The molecule has 0 bridgehead atoms. The fourth-order valence-corrected chi connectivity index (χ4v) is 1.96. The largest absolute Gasteiger partial charge is 0.478 e. The first-order chi connectivity index (χ1) is 6.99. The molecule has 82 valence electrons. The number of rotatable bonds is 3. The maximum atomic E-state index is 12.4. The number of carboxylic acids is 1. The number of nitrogens with zero attached hydrogens (tertiary/aromatic N) is 1. The van der Waals surface area contributed by atoms with Gasteiger partial charge in [0, 0.05) is 16.3 Å². The maximum Gasteiger partial charge on any atom is 0.337 e. The van der Waals surface area contributed by atoms with Gasteiger partial charge in [-0.15, -0.1) is 0 Å². The monoisotopic (exact) mass is 328 g/mol. The second-order valence-electron chi connectivity index (χ2n) is 2.66. The van der Waals surface area contributed by atoms with E-state index < -0.39 is 18.1 Å². The van der Waals surface area contributed by atoms with E-state index in [1.165, 1.54) is 0 Å². The third kappa shape index (κ3) is 2.40. The van der Waals surface area contributed by atoms with Crippen molar-refractivity contribution in [2.24, 2.45) is 5.73 Å². The second kappa shape index (κ2) is 4.79. The van der Waals surface area contributed by atoms with E-state index in [1.807, 2.05) is 0 Å². The summed E-state index contributed by atoms with van der Waals surface area (Å²) in [5.74, 6) is -1.22. The van der Waals surface area contributed by atoms with Crippen LogP contribution in [-0.4, -0.2) is 16.1 Å². The van der Waals surface area contributed by atoms with Gasteiger partial charge in [-0.3, -0.25) is 4.98 Å². The third-order valence-electron chi connectivity index (χ3n) is 1.79. The van der Waals surface area contributed by atoms with Gasteiger partial charge in [0.1, 0.15) is 5.69 Å². The number of carbonyl (C=O) groups is 1. The SMILES string of the molecule is NCc1c(C(=O)O)cnc(C(F)F)c1I. The minimum Gasteiger partial charge on any atom is -0.478 e. The van der Waals surface area contributed by atoms with Crippen LogP contribution in [0.2, 0.25) is 0 Å². The van der Waals surface area contributed by atoms with Crippen molar-refractivity contribution in [3.8, 4) is 0 Å². The molecule has 15 heavy (non-hydrogen) atoms. The van der Waals surface area contributed by atoms with Crippen molar-refractivity contribution >= 4 is 28.6 Å². The van der Waals surface area contributed by atoms with Crippen LogP contribution in [-0.2, 0) is 6.54 Å². The molecule has 1 aromatic heterocycles. The molecule has 0 aliphatic carbocycles. The molecule has 0 radical (unpaired) electrons. The molecule has 1 rings (SSSR count). The lowest BCUT2D eigenvalue weighted by Crippen LogP contribution is -2.12. The number of alkyl halides is 2. The molecule has 0 saturated heterocycles. The minimum atomic E-state index is -2.73. The average molecular weight is 328 g/mol. The van der Waals surface area contributed by atoms with Gasteiger partial charge in [0.2, 0.25) is 0 Å². The summed E-state index contributed by atoms with van der Waals surface area (Å²) in [5.41, 5.74) is 4.94. The van der Waals surface area contributed by atoms with E-state index in [9.17, 15) is 13.6 Å². The standard InChI is InChI=1S/C8H7F2IN2O2/c9-7(10)6-5(11)3(1-12)4(2-13-6)8(14)15/h2,7H,1,12H2,(H,14,15). The van der Waals surface area contributed by atoms with Gasteiger partial charge in [-0.25, -0.2) is 13.6 Å². The summed E-state index contributed by atoms with van der Waals surface area (Å²) in [5, 5.41) is 8.76. The van der Waals surface area contributed by atoms with Crippen molar-refractivity contribution in [3.63, 3.8) is 0 Å². The number of hydrogen-bond acceptors (Lipinski definition) is 3. The van der Waals surface area contributed by atoms with Gasteiger partial charge < -0.3 is 10.8 Å². The Balaban J connectivity index is 3.39. The number of aromatic carboxylic acids is 1. The van der Waals surface area contributed by atoms with Crippen LogP contribution in [0.3, 0.4) is 0 Å². The Kier molecular flexibility index (Phi) is 3.91. The first-order valence-electron chi connectivity index (χ1n) is 3.87. The lowest BCUT2D eigenvalue weighted by atomic mass is 10.1. The predicted molar refractivity (Wildman–Crippen MR) is 56.8 cm³/mol. The molecule has 7 heteroatoms. The zero-order valence-electron chi connectivity index (χ0n) is 7.38. The molecule has 0 fully saturated rings. The summed E-state index contributed by atoms with van der Waals surface area (Å²) < 4.78 is 25.0. The summed E-state index contributed by atoms with van der Waals surface area (Å²) in [6, 6.07) is 0. The number of carboxylic acid groups (broad SMARTS) is 1. The summed E-state index contributed by atoms with van der Waals surface area (Å²) in [6.45, 7) is -0.109. The fourth-order valence-electron chi connectivity index (χ4n) is 1.08. The highest BCUT2D eigenvalue weighted by Crippen LogP contribution is 2.26. The van der Waals surface area contributed by atoms with Crippen molar-refractivity contribution < 1.29 is 18.7 Å². The normalized spacial score (nSPS) is 10.7. The van der Waals surface area contributed by atoms with Gasteiger partial charge >= 0.3 is 5.97 Å². The second-order valence-corrected chi connectivity index (χ2v) is 3.74. The maximum absolute atomic E-state index is 12.4. The molecule has 0 aliphatic heterocycles. The molecule has 0 aromatic carbocycles. The number of aromatic nitrogens is 1. The van der Waals surface area contributed by atoms with Crippen molar-refractivity contribution in [1.82, 2.24) is 4.98 Å². The van der Waals surface area contributed by atoms with Crippen LogP contribution in [0, 0.1) is 3.57 Å². The van der Waals surface area contributed by atoms with Crippen LogP contribution in [0.25, 0.3) is 0 Å². The van der Waals surface area contributed by atoms with Gasteiger partial charge in [-0.2, -0.15) is 0 Å². The number of halogens is 3. The Labute approximate surface area is 97.6 Å². The predicted octanol–water partition coefficient (Wildman–Crippen LogP) is 1.78. The van der Waals surface area contributed by atoms with Gasteiger partial charge in [0.15, 0.2) is 0 Å². The van der Waals surface area contributed by atoms with Crippen LogP contribution >= 0.6 is 22.6 Å². The number of pyridine rings is 1. The molecule has 0 spiro atoms. The molecule has 3 N–H and O–H groups in total. The summed E-state index contributed by atoms with van der Waals surface area (Å²) >= 11 is 1.63. The fraction of sp³-hybridized carbons (Fsp3) is 0.250. The van der Waals surface area contributed by atoms with Crippen molar-refractivity contribution in [1.29, 1.82) is 0 Å². The lowest BCUT2D eigenvalue weighted by molar-refractivity contribution is 0.0694. The van der Waals surface area contributed by atoms with Crippen molar-refractivity contribution in [2.45, 2.75) is 13.0 Å². The molecule has 1 heterocycles. The Bertz CT molecular complexity index is 398. The molecule has 0 unspecified atom stereocenters. The first-order valence-corrected chi connectivity index (χ1v) is 4.95. The third-order valence-corrected chi connectivity index (χ3v) is 2.99. The van der Waals surface area contributed by atoms with E-state index >= 15 is 0 Å². The number of nitrogens with two attached hydrogens (primary N) is 1. The molecule has 4 nitrogen and oxygen atoms in total. The molecule has 0 aliphatic rings. The van der Waals surface area contributed by atoms with E-state index in [0.29, 0.717) is 0 Å². The molecule has 0 saturated carbocycles. The molecule has 0 amide bonds. The molecular formula is C8H7F2IN2O2. The highest BCUT2D eigenvalue weighted by Gasteiger charge is 2.20. The number of hydrogen-bond donors (Lipinski definition) is 2. The van der Waals surface area contributed by atoms with Crippen molar-refractivity contribution in [2.75, 3.05) is 0 Å². The van der Waals surface area contributed by atoms with Crippen LogP contribution in [0.5, 0.6) is 0 Å². The summed E-state index contributed by atoms with van der Waals surface area (Å²) in [7, 11) is 0. The van der Waals surface area contributed by atoms with E-state index in [4.69, 9.17) is 10.8 Å². The van der Waals surface area contributed by atoms with E-state index in [1.54, 1.807) is 22.6 Å². The topological polar surface area (TPSA) is 76.2 Å². The van der Waals surface area contributed by atoms with Crippen LogP contribution in [0.4, 0.5) is 8.78 Å². The van der Waals surface area contributed by atoms with E-state index in [-0.39, 0.29) is 21.2 Å². The minimum absolute atomic E-state index is 0.109. The average Bonchev–Trinajstić information content (AvgIpc) is 2.16. The molecule has 0 atom stereocenters. The van der Waals surface area contributed by atoms with Crippen molar-refractivity contribution in [3.05, 3.63) is 26.6 Å². The highest BCUT2D eigenvalue weighted by molar-refractivity contribution is 14.1. The van der Waals surface area contributed by atoms with E-state index in [2.05, 4.69) is 4.98 Å². The quantitative estimate of drug-likeness (QED) is 0.830. The summed E-state index contributed by atoms with van der Waals surface area (Å²) in [4.78, 5) is 14.1.